The maximum Gasteiger partial charge on any atom is 0.252 e. The number of hydrogen-bond donors (Lipinski definition) is 0. The van der Waals surface area contributed by atoms with Crippen LogP contribution in [0.1, 0.15) is 177 Å². The molecule has 0 aromatic heterocycles. The van der Waals surface area contributed by atoms with Crippen LogP contribution in [0.25, 0.3) is 11.1 Å². The summed E-state index contributed by atoms with van der Waals surface area (Å²) in [6, 6.07) is 76.1. The number of hydrogen-bond acceptors (Lipinski definition) is 4. The van der Waals surface area contributed by atoms with E-state index < -0.39 is 0 Å². The normalized spacial score (nSPS) is 18.2. The maximum absolute atomic E-state index is 2.83. The standard InChI is InChI=1S/C82H91BN4/c1-76(2,3)55-29-37-60(38-30-55)84(61-39-31-56(32-40-61)77(4,5)6)63-43-46-70-66(51-63)81(16)47-23-24-48-82(81,17)87(70)64-52-73-75-74(53-64)86(69-44-35-58(79(10,11)12)49-65(69)54-25-19-18-20-26-54)71-28-22-21-27-67(71)83(75)68-50-59(80(13,14)15)36-45-72(68)85(73)62-41-33-57(34-42-62)78(7,8)9/h18-22,25-46,49-53H,23-24,47-48H2,1-17H3. The Bertz CT molecular complexity index is 4050. The number of benzene rings is 9. The summed E-state index contributed by atoms with van der Waals surface area (Å²) in [5.41, 5.74) is 27.4. The Hall–Kier alpha value is -7.76. The van der Waals surface area contributed by atoms with Crippen LogP contribution in [0, 0.1) is 0 Å². The van der Waals surface area contributed by atoms with E-state index in [0.717, 1.165) is 24.2 Å². The Labute approximate surface area is 522 Å². The number of rotatable bonds is 7. The molecular formula is C82H91BN4. The summed E-state index contributed by atoms with van der Waals surface area (Å²) in [7, 11) is 0. The molecule has 1 saturated carbocycles. The van der Waals surface area contributed by atoms with Crippen molar-refractivity contribution in [3.05, 3.63) is 228 Å². The van der Waals surface area contributed by atoms with E-state index in [2.05, 4.69) is 331 Å². The maximum atomic E-state index is 2.83. The molecule has 4 nitrogen and oxygen atoms in total. The summed E-state index contributed by atoms with van der Waals surface area (Å²) in [6.45, 7) is 40.1. The lowest BCUT2D eigenvalue weighted by Gasteiger charge is -2.51. The Morgan fingerprint density at radius 3 is 1.40 bits per heavy atom. The highest BCUT2D eigenvalue weighted by Gasteiger charge is 2.58. The smallest absolute Gasteiger partial charge is 0.252 e. The van der Waals surface area contributed by atoms with Crippen LogP contribution < -0.4 is 36.0 Å². The molecule has 5 heteroatoms. The van der Waals surface area contributed by atoms with Crippen LogP contribution in [0.15, 0.2) is 194 Å². The molecule has 13 rings (SSSR count). The van der Waals surface area contributed by atoms with Crippen molar-refractivity contribution < 1.29 is 0 Å². The van der Waals surface area contributed by atoms with E-state index in [1.807, 2.05) is 0 Å². The summed E-state index contributed by atoms with van der Waals surface area (Å²) in [6.07, 6.45) is 4.54. The number of para-hydroxylation sites is 1. The highest BCUT2D eigenvalue weighted by molar-refractivity contribution is 7.00. The average molecular weight is 1140 g/mol. The summed E-state index contributed by atoms with van der Waals surface area (Å²) < 4.78 is 0. The van der Waals surface area contributed by atoms with Crippen molar-refractivity contribution in [3.63, 3.8) is 0 Å². The van der Waals surface area contributed by atoms with Crippen molar-refractivity contribution in [2.45, 2.75) is 181 Å². The van der Waals surface area contributed by atoms with Crippen LogP contribution in [0.4, 0.5) is 62.6 Å². The third-order valence-electron chi connectivity index (χ3n) is 20.6. The first kappa shape index (κ1) is 58.3. The van der Waals surface area contributed by atoms with Gasteiger partial charge in [0, 0.05) is 67.9 Å². The molecule has 0 saturated heterocycles. The van der Waals surface area contributed by atoms with E-state index in [4.69, 9.17) is 0 Å². The Kier molecular flexibility index (Phi) is 13.7. The summed E-state index contributed by atoms with van der Waals surface area (Å²) in [5, 5.41) is 0. The predicted molar refractivity (Wildman–Crippen MR) is 377 cm³/mol. The molecule has 2 unspecified atom stereocenters. The fourth-order valence-electron chi connectivity index (χ4n) is 15.2. The van der Waals surface area contributed by atoms with E-state index in [-0.39, 0.29) is 44.7 Å². The Morgan fingerprint density at radius 2 is 0.828 bits per heavy atom. The molecule has 3 heterocycles. The predicted octanol–water partition coefficient (Wildman–Crippen LogP) is 21.1. The van der Waals surface area contributed by atoms with E-state index in [1.165, 1.54) is 125 Å². The fraction of sp³-hybridized carbons (Fsp3) is 0.341. The molecular weight excluding hydrogens is 1050 g/mol. The van der Waals surface area contributed by atoms with Gasteiger partial charge in [0.2, 0.25) is 0 Å². The van der Waals surface area contributed by atoms with Crippen molar-refractivity contribution in [1.29, 1.82) is 0 Å². The zero-order valence-electron chi connectivity index (χ0n) is 55.2. The first-order chi connectivity index (χ1) is 41.0. The molecule has 0 N–H and O–H groups in total. The molecule has 1 aliphatic carbocycles. The second-order valence-corrected chi connectivity index (χ2v) is 31.5. The lowest BCUT2D eigenvalue weighted by Crippen LogP contribution is -2.61. The molecule has 2 atom stereocenters. The first-order valence-corrected chi connectivity index (χ1v) is 32.3. The minimum absolute atomic E-state index is 0.00321. The van der Waals surface area contributed by atoms with E-state index >= 15 is 0 Å². The molecule has 0 spiro atoms. The van der Waals surface area contributed by atoms with E-state index in [1.54, 1.807) is 0 Å². The van der Waals surface area contributed by atoms with E-state index in [9.17, 15) is 0 Å². The molecule has 0 amide bonds. The lowest BCUT2D eigenvalue weighted by atomic mass is 9.33. The minimum atomic E-state index is -0.256. The third-order valence-corrected chi connectivity index (χ3v) is 20.6. The highest BCUT2D eigenvalue weighted by atomic mass is 15.3. The van der Waals surface area contributed by atoms with Crippen molar-refractivity contribution in [3.8, 4) is 11.1 Å². The third kappa shape index (κ3) is 9.73. The second-order valence-electron chi connectivity index (χ2n) is 31.5. The van der Waals surface area contributed by atoms with Gasteiger partial charge >= 0.3 is 0 Å². The van der Waals surface area contributed by atoms with Gasteiger partial charge in [-0.2, -0.15) is 0 Å². The lowest BCUT2D eigenvalue weighted by molar-refractivity contribution is 0.195. The molecule has 442 valence electrons. The highest BCUT2D eigenvalue weighted by Crippen LogP contribution is 2.63. The molecule has 0 bridgehead atoms. The van der Waals surface area contributed by atoms with Gasteiger partial charge in [-0.15, -0.1) is 0 Å². The van der Waals surface area contributed by atoms with Crippen LogP contribution in [0.2, 0.25) is 0 Å². The topological polar surface area (TPSA) is 13.0 Å². The second kappa shape index (κ2) is 20.4. The molecule has 0 radical (unpaired) electrons. The van der Waals surface area contributed by atoms with Crippen LogP contribution in [-0.2, 0) is 32.5 Å². The van der Waals surface area contributed by atoms with Gasteiger partial charge in [-0.05, 0) is 193 Å². The monoisotopic (exact) mass is 1140 g/mol. The van der Waals surface area contributed by atoms with Crippen molar-refractivity contribution in [2.24, 2.45) is 0 Å². The zero-order chi connectivity index (χ0) is 61.5. The zero-order valence-corrected chi connectivity index (χ0v) is 55.2. The first-order valence-electron chi connectivity index (χ1n) is 32.3. The Balaban J connectivity index is 1.10. The molecule has 1 fully saturated rings. The number of fused-ring (bicyclic) bond motifs is 7. The van der Waals surface area contributed by atoms with Crippen LogP contribution in [0.3, 0.4) is 0 Å². The van der Waals surface area contributed by atoms with Crippen LogP contribution >= 0.6 is 0 Å². The molecule has 87 heavy (non-hydrogen) atoms. The SMILES string of the molecule is CC(C)(C)c1ccc(N(c2ccc(C(C)(C)C)cc2)c2ccc3c(c2)C2(C)CCCCC2(C)N3c2cc3c4c(c2)N(c2ccc(C(C)(C)C)cc2-c2ccccc2)c2ccccc2B4c2cc(C(C)(C)C)ccc2N3c2ccc(C(C)(C)C)cc2)cc1. The van der Waals surface area contributed by atoms with Gasteiger partial charge in [-0.25, -0.2) is 0 Å². The van der Waals surface area contributed by atoms with Crippen LogP contribution in [0.5, 0.6) is 0 Å². The van der Waals surface area contributed by atoms with Gasteiger partial charge in [0.05, 0.1) is 11.2 Å². The van der Waals surface area contributed by atoms with Gasteiger partial charge in [0.15, 0.2) is 0 Å². The van der Waals surface area contributed by atoms with Gasteiger partial charge in [-0.1, -0.05) is 227 Å². The summed E-state index contributed by atoms with van der Waals surface area (Å²) in [5.74, 6) is 0. The molecule has 9 aromatic rings. The molecule has 3 aliphatic heterocycles. The van der Waals surface area contributed by atoms with Crippen LogP contribution in [-0.4, -0.2) is 12.3 Å². The van der Waals surface area contributed by atoms with Crippen molar-refractivity contribution in [2.75, 3.05) is 19.6 Å². The van der Waals surface area contributed by atoms with Crippen molar-refractivity contribution in [1.82, 2.24) is 0 Å². The quantitative estimate of drug-likeness (QED) is 0.147. The van der Waals surface area contributed by atoms with Crippen molar-refractivity contribution >= 4 is 85.7 Å². The van der Waals surface area contributed by atoms with Gasteiger partial charge in [-0.3, -0.25) is 0 Å². The average Bonchev–Trinajstić information content (AvgIpc) is 1.70. The minimum Gasteiger partial charge on any atom is -0.334 e. The fourth-order valence-corrected chi connectivity index (χ4v) is 15.2. The Morgan fingerprint density at radius 1 is 0.368 bits per heavy atom. The molecule has 4 aliphatic rings. The summed E-state index contributed by atoms with van der Waals surface area (Å²) >= 11 is 0. The molecule has 9 aromatic carbocycles. The van der Waals surface area contributed by atoms with Gasteiger partial charge in [0.25, 0.3) is 6.71 Å². The largest absolute Gasteiger partial charge is 0.334 e. The van der Waals surface area contributed by atoms with E-state index in [0.29, 0.717) is 0 Å². The van der Waals surface area contributed by atoms with Gasteiger partial charge < -0.3 is 19.6 Å². The van der Waals surface area contributed by atoms with Gasteiger partial charge in [0.1, 0.15) is 0 Å². The summed E-state index contributed by atoms with van der Waals surface area (Å²) in [4.78, 5) is 10.6. The number of anilines is 11. The number of nitrogens with zero attached hydrogens (tertiary/aromatic N) is 4.